The molecule has 8 nitrogen and oxygen atoms in total. The minimum Gasteiger partial charge on any atom is -0.497 e. The SMILES string of the molecule is CCS(=O)(=O)NCCCNC(=NC)NCC(c1ccc(OC)cc1)N1CCCC1. The van der Waals surface area contributed by atoms with E-state index in [0.29, 0.717) is 19.5 Å². The van der Waals surface area contributed by atoms with E-state index in [1.54, 1.807) is 21.1 Å². The van der Waals surface area contributed by atoms with E-state index in [1.807, 2.05) is 12.1 Å². The molecule has 1 saturated heterocycles. The molecule has 0 aromatic heterocycles. The van der Waals surface area contributed by atoms with Gasteiger partial charge in [-0.25, -0.2) is 13.1 Å². The first-order valence-electron chi connectivity index (χ1n) is 10.3. The summed E-state index contributed by atoms with van der Waals surface area (Å²) in [7, 11) is 0.291. The Labute approximate surface area is 175 Å². The molecule has 1 aliphatic heterocycles. The van der Waals surface area contributed by atoms with Crippen molar-refractivity contribution in [2.45, 2.75) is 32.2 Å². The monoisotopic (exact) mass is 425 g/mol. The molecule has 0 aliphatic carbocycles. The average molecular weight is 426 g/mol. The van der Waals surface area contributed by atoms with Gasteiger partial charge in [-0.05, 0) is 57.0 Å². The van der Waals surface area contributed by atoms with Crippen LogP contribution < -0.4 is 20.1 Å². The fourth-order valence-electron chi connectivity index (χ4n) is 3.38. The number of likely N-dealkylation sites (tertiary alicyclic amines) is 1. The van der Waals surface area contributed by atoms with Gasteiger partial charge in [0.05, 0.1) is 18.9 Å². The minimum absolute atomic E-state index is 0.104. The molecule has 1 aromatic carbocycles. The van der Waals surface area contributed by atoms with Crippen LogP contribution in [0.4, 0.5) is 0 Å². The number of nitrogens with zero attached hydrogens (tertiary/aromatic N) is 2. The zero-order valence-electron chi connectivity index (χ0n) is 17.8. The van der Waals surface area contributed by atoms with E-state index in [9.17, 15) is 8.42 Å². The van der Waals surface area contributed by atoms with Crippen molar-refractivity contribution in [1.82, 2.24) is 20.3 Å². The van der Waals surface area contributed by atoms with Crippen LogP contribution in [0.5, 0.6) is 5.75 Å². The number of benzene rings is 1. The van der Waals surface area contributed by atoms with Gasteiger partial charge in [-0.2, -0.15) is 0 Å². The molecule has 1 aromatic rings. The second-order valence-corrected chi connectivity index (χ2v) is 9.16. The molecule has 2 rings (SSSR count). The Bertz CT molecular complexity index is 731. The van der Waals surface area contributed by atoms with Gasteiger partial charge in [0.1, 0.15) is 5.75 Å². The first kappa shape index (κ1) is 23.4. The highest BCUT2D eigenvalue weighted by atomic mass is 32.2. The van der Waals surface area contributed by atoms with Crippen molar-refractivity contribution >= 4 is 16.0 Å². The average Bonchev–Trinajstić information content (AvgIpc) is 3.27. The molecule has 1 heterocycles. The summed E-state index contributed by atoms with van der Waals surface area (Å²) in [5.41, 5.74) is 1.25. The molecule has 0 amide bonds. The zero-order chi connectivity index (χ0) is 21.1. The highest BCUT2D eigenvalue weighted by Crippen LogP contribution is 2.26. The summed E-state index contributed by atoms with van der Waals surface area (Å²) in [5.74, 6) is 1.69. The Hall–Kier alpha value is -1.84. The number of hydrogen-bond donors (Lipinski definition) is 3. The molecule has 0 radical (unpaired) electrons. The van der Waals surface area contributed by atoms with E-state index in [4.69, 9.17) is 4.74 Å². The Morgan fingerprint density at radius 1 is 1.17 bits per heavy atom. The van der Waals surface area contributed by atoms with Gasteiger partial charge in [-0.1, -0.05) is 12.1 Å². The lowest BCUT2D eigenvalue weighted by atomic mass is 10.1. The lowest BCUT2D eigenvalue weighted by molar-refractivity contribution is 0.245. The van der Waals surface area contributed by atoms with Crippen LogP contribution in [0.3, 0.4) is 0 Å². The molecule has 1 fully saturated rings. The molecule has 29 heavy (non-hydrogen) atoms. The van der Waals surface area contributed by atoms with Crippen molar-refractivity contribution in [1.29, 1.82) is 0 Å². The van der Waals surface area contributed by atoms with Crippen molar-refractivity contribution in [3.63, 3.8) is 0 Å². The normalized spacial score (nSPS) is 16.6. The van der Waals surface area contributed by atoms with Gasteiger partial charge in [0, 0.05) is 26.7 Å². The molecule has 0 saturated carbocycles. The molecule has 0 spiro atoms. The summed E-state index contributed by atoms with van der Waals surface area (Å²) in [6.45, 7) is 5.63. The van der Waals surface area contributed by atoms with Crippen LogP contribution in [0.15, 0.2) is 29.3 Å². The van der Waals surface area contributed by atoms with Crippen molar-refractivity contribution in [3.8, 4) is 5.75 Å². The van der Waals surface area contributed by atoms with Crippen LogP contribution in [0.1, 0.15) is 37.8 Å². The predicted molar refractivity (Wildman–Crippen MR) is 118 cm³/mol. The van der Waals surface area contributed by atoms with Crippen LogP contribution in [0.25, 0.3) is 0 Å². The highest BCUT2D eigenvalue weighted by molar-refractivity contribution is 7.89. The maximum atomic E-state index is 11.5. The lowest BCUT2D eigenvalue weighted by Crippen LogP contribution is -2.43. The van der Waals surface area contributed by atoms with E-state index in [2.05, 4.69) is 37.4 Å². The van der Waals surface area contributed by atoms with Gasteiger partial charge in [-0.3, -0.25) is 9.89 Å². The summed E-state index contributed by atoms with van der Waals surface area (Å²) in [6.07, 6.45) is 3.15. The molecule has 1 unspecified atom stereocenters. The van der Waals surface area contributed by atoms with Crippen molar-refractivity contribution in [2.24, 2.45) is 4.99 Å². The summed E-state index contributed by atoms with van der Waals surface area (Å²) < 4.78 is 30.8. The summed E-state index contributed by atoms with van der Waals surface area (Å²) >= 11 is 0. The van der Waals surface area contributed by atoms with Crippen LogP contribution >= 0.6 is 0 Å². The summed E-state index contributed by atoms with van der Waals surface area (Å²) in [5, 5.41) is 6.67. The van der Waals surface area contributed by atoms with E-state index in [-0.39, 0.29) is 11.8 Å². The Morgan fingerprint density at radius 3 is 2.45 bits per heavy atom. The minimum atomic E-state index is -3.13. The third kappa shape index (κ3) is 7.83. The van der Waals surface area contributed by atoms with Gasteiger partial charge in [0.25, 0.3) is 0 Å². The third-order valence-corrected chi connectivity index (χ3v) is 6.52. The number of guanidine groups is 1. The predicted octanol–water partition coefficient (Wildman–Crippen LogP) is 1.33. The van der Waals surface area contributed by atoms with E-state index in [1.165, 1.54) is 18.4 Å². The van der Waals surface area contributed by atoms with Gasteiger partial charge in [0.2, 0.25) is 10.0 Å². The van der Waals surface area contributed by atoms with Crippen molar-refractivity contribution in [2.75, 3.05) is 52.6 Å². The Morgan fingerprint density at radius 2 is 1.86 bits per heavy atom. The number of hydrogen-bond acceptors (Lipinski definition) is 5. The molecular weight excluding hydrogens is 390 g/mol. The molecule has 9 heteroatoms. The second kappa shape index (κ2) is 12.0. The van der Waals surface area contributed by atoms with Crippen LogP contribution in [0.2, 0.25) is 0 Å². The summed E-state index contributed by atoms with van der Waals surface area (Å²) in [6, 6.07) is 8.52. The second-order valence-electron chi connectivity index (χ2n) is 7.06. The number of rotatable bonds is 11. The summed E-state index contributed by atoms with van der Waals surface area (Å²) in [4.78, 5) is 6.79. The molecule has 1 atom stereocenters. The smallest absolute Gasteiger partial charge is 0.211 e. The number of ether oxygens (including phenoxy) is 1. The van der Waals surface area contributed by atoms with E-state index < -0.39 is 10.0 Å². The first-order valence-corrected chi connectivity index (χ1v) is 11.9. The third-order valence-electron chi connectivity index (χ3n) is 5.12. The Balaban J connectivity index is 1.86. The number of methoxy groups -OCH3 is 1. The fraction of sp³-hybridized carbons (Fsp3) is 0.650. The largest absolute Gasteiger partial charge is 0.497 e. The maximum Gasteiger partial charge on any atom is 0.211 e. The molecule has 3 N–H and O–H groups in total. The maximum absolute atomic E-state index is 11.5. The van der Waals surface area contributed by atoms with Gasteiger partial charge >= 0.3 is 0 Å². The molecular formula is C20H35N5O3S. The lowest BCUT2D eigenvalue weighted by Gasteiger charge is -2.29. The van der Waals surface area contributed by atoms with Crippen LogP contribution in [-0.4, -0.2) is 71.9 Å². The van der Waals surface area contributed by atoms with Crippen LogP contribution in [-0.2, 0) is 10.0 Å². The number of nitrogens with one attached hydrogen (secondary N) is 3. The van der Waals surface area contributed by atoms with Crippen LogP contribution in [0, 0.1) is 0 Å². The van der Waals surface area contributed by atoms with Gasteiger partial charge in [-0.15, -0.1) is 0 Å². The van der Waals surface area contributed by atoms with Gasteiger partial charge < -0.3 is 15.4 Å². The van der Waals surface area contributed by atoms with E-state index >= 15 is 0 Å². The number of aliphatic imine (C=N–C) groups is 1. The van der Waals surface area contributed by atoms with Crippen molar-refractivity contribution < 1.29 is 13.2 Å². The quantitative estimate of drug-likeness (QED) is 0.281. The highest BCUT2D eigenvalue weighted by Gasteiger charge is 2.23. The zero-order valence-corrected chi connectivity index (χ0v) is 18.6. The van der Waals surface area contributed by atoms with E-state index in [0.717, 1.165) is 31.3 Å². The molecule has 0 bridgehead atoms. The Kier molecular flexibility index (Phi) is 9.69. The van der Waals surface area contributed by atoms with Crippen molar-refractivity contribution in [3.05, 3.63) is 29.8 Å². The fourth-order valence-corrected chi connectivity index (χ4v) is 4.04. The van der Waals surface area contributed by atoms with Gasteiger partial charge in [0.15, 0.2) is 5.96 Å². The molecule has 164 valence electrons. The topological polar surface area (TPSA) is 95.1 Å². The number of sulfonamides is 1. The molecule has 1 aliphatic rings. The standard InChI is InChI=1S/C20H35N5O3S/c1-4-29(26,27)24-13-7-12-22-20(21-2)23-16-19(25-14-5-6-15-25)17-8-10-18(28-3)11-9-17/h8-11,19,24H,4-7,12-16H2,1-3H3,(H2,21,22,23). The first-order chi connectivity index (χ1) is 14.0.